The first kappa shape index (κ1) is 25.2. The second kappa shape index (κ2) is 11.6. The molecule has 2 aromatic carbocycles. The van der Waals surface area contributed by atoms with Crippen molar-refractivity contribution in [2.75, 3.05) is 14.2 Å². The summed E-state index contributed by atoms with van der Waals surface area (Å²) >= 11 is 0. The molecule has 0 aliphatic carbocycles. The Kier molecular flexibility index (Phi) is 8.34. The van der Waals surface area contributed by atoms with Gasteiger partial charge in [-0.25, -0.2) is 0 Å². The van der Waals surface area contributed by atoms with Crippen molar-refractivity contribution in [2.24, 2.45) is 4.99 Å². The van der Waals surface area contributed by atoms with Crippen LogP contribution in [0.1, 0.15) is 44.5 Å². The average molecular weight is 473 g/mol. The smallest absolute Gasteiger partial charge is 0.269 e. The lowest BCUT2D eigenvalue weighted by Gasteiger charge is -2.16. The van der Waals surface area contributed by atoms with E-state index in [4.69, 9.17) is 9.47 Å². The van der Waals surface area contributed by atoms with E-state index in [1.807, 2.05) is 32.1 Å². The molecular formula is C27H28N4O4. The second-order valence-corrected chi connectivity index (χ2v) is 7.54. The number of rotatable bonds is 9. The fourth-order valence-electron chi connectivity index (χ4n) is 3.45. The third-order valence-corrected chi connectivity index (χ3v) is 5.39. The Hall–Kier alpha value is -4.46. The lowest BCUT2D eigenvalue weighted by Crippen LogP contribution is -2.24. The van der Waals surface area contributed by atoms with Crippen molar-refractivity contribution in [2.45, 2.75) is 20.4 Å². The molecule has 180 valence electrons. The number of carbonyl (C=O) groups is 2. The van der Waals surface area contributed by atoms with Gasteiger partial charge in [-0.05, 0) is 68.6 Å². The molecule has 0 saturated carbocycles. The van der Waals surface area contributed by atoms with Gasteiger partial charge in [0.05, 0.1) is 12.8 Å². The van der Waals surface area contributed by atoms with Crippen LogP contribution in [0.5, 0.6) is 11.5 Å². The zero-order valence-corrected chi connectivity index (χ0v) is 20.2. The molecule has 0 atom stereocenters. The van der Waals surface area contributed by atoms with E-state index in [1.54, 1.807) is 50.6 Å². The van der Waals surface area contributed by atoms with Crippen molar-refractivity contribution < 1.29 is 19.1 Å². The highest BCUT2D eigenvalue weighted by Crippen LogP contribution is 2.33. The molecule has 0 spiro atoms. The van der Waals surface area contributed by atoms with E-state index in [0.29, 0.717) is 34.1 Å². The lowest BCUT2D eigenvalue weighted by molar-refractivity contribution is 0.0947. The van der Waals surface area contributed by atoms with E-state index < -0.39 is 0 Å². The highest BCUT2D eigenvalue weighted by atomic mass is 16.5. The van der Waals surface area contributed by atoms with E-state index in [9.17, 15) is 9.59 Å². The SMILES string of the molecule is C=Nc1cc(OC)ccc1/C(=C\C)Oc1cccc(C(=O)NCc2ccnc(C(=O)NC)c2)c1C. The standard InChI is InChI=1S/C27H28N4O4/c1-6-24(21-11-10-19(34-5)15-22(21)28-3)35-25-9-7-8-20(17(25)2)26(32)31-16-18-12-13-30-23(14-18)27(33)29-4/h6-15H,3,16H2,1-2,4-5H3,(H,29,33)(H,31,32)/b24-6+. The van der Waals surface area contributed by atoms with Crippen molar-refractivity contribution in [3.05, 3.63) is 88.8 Å². The van der Waals surface area contributed by atoms with Crippen LogP contribution in [0.3, 0.4) is 0 Å². The van der Waals surface area contributed by atoms with Crippen LogP contribution in [0.4, 0.5) is 5.69 Å². The Morgan fingerprint density at radius 1 is 1.11 bits per heavy atom. The number of amides is 2. The quantitative estimate of drug-likeness (QED) is 0.354. The van der Waals surface area contributed by atoms with Crippen molar-refractivity contribution in [1.29, 1.82) is 0 Å². The molecule has 2 N–H and O–H groups in total. The summed E-state index contributed by atoms with van der Waals surface area (Å²) in [5.41, 5.74) is 3.59. The topological polar surface area (TPSA) is 102 Å². The molecule has 0 aliphatic heterocycles. The second-order valence-electron chi connectivity index (χ2n) is 7.54. The normalized spacial score (nSPS) is 10.9. The maximum atomic E-state index is 12.9. The van der Waals surface area contributed by atoms with Gasteiger partial charge in [-0.3, -0.25) is 19.6 Å². The molecule has 8 heteroatoms. The number of nitrogens with one attached hydrogen (secondary N) is 2. The fourth-order valence-corrected chi connectivity index (χ4v) is 3.45. The first-order valence-corrected chi connectivity index (χ1v) is 11.0. The van der Waals surface area contributed by atoms with Crippen molar-refractivity contribution in [3.8, 4) is 11.5 Å². The molecular weight excluding hydrogens is 444 g/mol. The van der Waals surface area contributed by atoms with Gasteiger partial charge in [0.1, 0.15) is 23.0 Å². The average Bonchev–Trinajstić information content (AvgIpc) is 2.90. The summed E-state index contributed by atoms with van der Waals surface area (Å²) in [5.74, 6) is 1.24. The third-order valence-electron chi connectivity index (χ3n) is 5.39. The minimum atomic E-state index is -0.287. The minimum absolute atomic E-state index is 0.246. The highest BCUT2D eigenvalue weighted by Gasteiger charge is 2.16. The molecule has 1 heterocycles. The van der Waals surface area contributed by atoms with Gasteiger partial charge < -0.3 is 20.1 Å². The van der Waals surface area contributed by atoms with Gasteiger partial charge in [-0.15, -0.1) is 0 Å². The van der Waals surface area contributed by atoms with Gasteiger partial charge in [-0.2, -0.15) is 0 Å². The third kappa shape index (κ3) is 5.92. The highest BCUT2D eigenvalue weighted by molar-refractivity contribution is 5.96. The summed E-state index contributed by atoms with van der Waals surface area (Å²) in [5, 5.41) is 5.43. The van der Waals surface area contributed by atoms with Crippen molar-refractivity contribution >= 4 is 30.0 Å². The van der Waals surface area contributed by atoms with Gasteiger partial charge in [0.15, 0.2) is 0 Å². The Morgan fingerprint density at radius 3 is 2.60 bits per heavy atom. The largest absolute Gasteiger partial charge is 0.497 e. The monoisotopic (exact) mass is 472 g/mol. The molecule has 0 aliphatic rings. The van der Waals surface area contributed by atoms with E-state index in [0.717, 1.165) is 11.1 Å². The van der Waals surface area contributed by atoms with Crippen LogP contribution in [-0.4, -0.2) is 37.7 Å². The number of pyridine rings is 1. The first-order valence-electron chi connectivity index (χ1n) is 11.0. The molecule has 3 rings (SSSR count). The van der Waals surface area contributed by atoms with Crippen LogP contribution in [-0.2, 0) is 6.54 Å². The Bertz CT molecular complexity index is 1280. The number of nitrogens with zero attached hydrogens (tertiary/aromatic N) is 2. The van der Waals surface area contributed by atoms with E-state index in [-0.39, 0.29) is 24.1 Å². The fraction of sp³-hybridized carbons (Fsp3) is 0.185. The Balaban J connectivity index is 1.79. The van der Waals surface area contributed by atoms with E-state index in [2.05, 4.69) is 27.3 Å². The number of methoxy groups -OCH3 is 1. The molecule has 0 saturated heterocycles. The predicted octanol–water partition coefficient (Wildman–Crippen LogP) is 4.46. The first-order chi connectivity index (χ1) is 16.9. The van der Waals surface area contributed by atoms with Gasteiger partial charge in [0.25, 0.3) is 11.8 Å². The van der Waals surface area contributed by atoms with Crippen molar-refractivity contribution in [3.63, 3.8) is 0 Å². The molecule has 0 bridgehead atoms. The summed E-state index contributed by atoms with van der Waals surface area (Å²) in [6.07, 6.45) is 3.37. The molecule has 1 aromatic heterocycles. The Labute approximate surface area is 204 Å². The zero-order chi connectivity index (χ0) is 25.4. The molecule has 3 aromatic rings. The van der Waals surface area contributed by atoms with Crippen LogP contribution < -0.4 is 20.1 Å². The minimum Gasteiger partial charge on any atom is -0.497 e. The number of hydrogen-bond donors (Lipinski definition) is 2. The van der Waals surface area contributed by atoms with Crippen LogP contribution in [0.15, 0.2) is 65.8 Å². The Morgan fingerprint density at radius 2 is 1.91 bits per heavy atom. The summed E-state index contributed by atoms with van der Waals surface area (Å²) < 4.78 is 11.5. The molecule has 0 radical (unpaired) electrons. The summed E-state index contributed by atoms with van der Waals surface area (Å²) in [6.45, 7) is 7.58. The number of hydrogen-bond acceptors (Lipinski definition) is 6. The van der Waals surface area contributed by atoms with E-state index >= 15 is 0 Å². The molecule has 8 nitrogen and oxygen atoms in total. The van der Waals surface area contributed by atoms with Gasteiger partial charge in [-0.1, -0.05) is 6.07 Å². The number of benzene rings is 2. The van der Waals surface area contributed by atoms with Gasteiger partial charge >= 0.3 is 0 Å². The molecule has 0 unspecified atom stereocenters. The number of aromatic nitrogens is 1. The van der Waals surface area contributed by atoms with Crippen LogP contribution in [0.2, 0.25) is 0 Å². The molecule has 35 heavy (non-hydrogen) atoms. The van der Waals surface area contributed by atoms with Crippen LogP contribution in [0.25, 0.3) is 5.76 Å². The van der Waals surface area contributed by atoms with Gasteiger partial charge in [0, 0.05) is 42.5 Å². The zero-order valence-electron chi connectivity index (χ0n) is 20.2. The van der Waals surface area contributed by atoms with Crippen LogP contribution in [0, 0.1) is 6.92 Å². The van der Waals surface area contributed by atoms with Crippen LogP contribution >= 0.6 is 0 Å². The maximum Gasteiger partial charge on any atom is 0.269 e. The number of aliphatic imine (C=N–C) groups is 1. The number of ether oxygens (including phenoxy) is 2. The van der Waals surface area contributed by atoms with E-state index in [1.165, 1.54) is 6.20 Å². The summed E-state index contributed by atoms with van der Waals surface area (Å²) in [4.78, 5) is 32.9. The molecule has 0 fully saturated rings. The molecule has 2 amide bonds. The van der Waals surface area contributed by atoms with Crippen molar-refractivity contribution in [1.82, 2.24) is 15.6 Å². The maximum absolute atomic E-state index is 12.9. The predicted molar refractivity (Wildman–Crippen MR) is 136 cm³/mol. The van der Waals surface area contributed by atoms with Gasteiger partial charge in [0.2, 0.25) is 0 Å². The number of carbonyl (C=O) groups excluding carboxylic acids is 2. The summed E-state index contributed by atoms with van der Waals surface area (Å²) in [7, 11) is 3.13. The number of allylic oxidation sites excluding steroid dienone is 1. The summed E-state index contributed by atoms with van der Waals surface area (Å²) in [6, 6.07) is 14.1. The lowest BCUT2D eigenvalue weighted by atomic mass is 10.1.